The Kier molecular flexibility index (Phi) is 6.38. The molecule has 1 fully saturated rings. The predicted octanol–water partition coefficient (Wildman–Crippen LogP) is 3.59. The number of pyridine rings is 1. The van der Waals surface area contributed by atoms with Crippen LogP contribution < -0.4 is 20.7 Å². The molecule has 4 aromatic rings. The molecular weight excluding hydrogens is 452 g/mol. The van der Waals surface area contributed by atoms with Crippen molar-refractivity contribution < 1.29 is 9.47 Å². The second kappa shape index (κ2) is 9.60. The zero-order valence-corrected chi connectivity index (χ0v) is 20.2. The largest absolute Gasteiger partial charge is 0.496 e. The van der Waals surface area contributed by atoms with Gasteiger partial charge in [-0.2, -0.15) is 0 Å². The lowest BCUT2D eigenvalue weighted by Gasteiger charge is -2.17. The molecule has 0 bridgehead atoms. The summed E-state index contributed by atoms with van der Waals surface area (Å²) in [6, 6.07) is 11.9. The van der Waals surface area contributed by atoms with Crippen molar-refractivity contribution in [1.82, 2.24) is 19.4 Å². The number of aromatic nitrogens is 3. The third-order valence-electron chi connectivity index (χ3n) is 6.59. The van der Waals surface area contributed by atoms with Crippen LogP contribution in [0.1, 0.15) is 30.7 Å². The number of hydrogen-bond donors (Lipinski definition) is 1. The van der Waals surface area contributed by atoms with Crippen LogP contribution in [0.4, 0.5) is 0 Å². The first-order valence-corrected chi connectivity index (χ1v) is 12.4. The molecule has 0 unspecified atom stereocenters. The molecule has 8 nitrogen and oxygen atoms in total. The van der Waals surface area contributed by atoms with Gasteiger partial charge in [-0.25, -0.2) is 9.78 Å². The Balaban J connectivity index is 1.23. The monoisotopic (exact) mass is 480 g/mol. The molecule has 34 heavy (non-hydrogen) atoms. The zero-order chi connectivity index (χ0) is 23.7. The number of benzene rings is 1. The number of thiophene rings is 1. The summed E-state index contributed by atoms with van der Waals surface area (Å²) in [4.78, 5) is 35.5. The molecule has 0 spiro atoms. The Labute approximate surface area is 200 Å². The van der Waals surface area contributed by atoms with Gasteiger partial charge in [0.15, 0.2) is 0 Å². The summed E-state index contributed by atoms with van der Waals surface area (Å²) in [7, 11) is 3.26. The second-order valence-corrected chi connectivity index (χ2v) is 9.68. The molecule has 1 aromatic carbocycles. The van der Waals surface area contributed by atoms with Crippen LogP contribution in [-0.4, -0.2) is 53.3 Å². The third-order valence-corrected chi connectivity index (χ3v) is 7.72. The summed E-state index contributed by atoms with van der Waals surface area (Å²) < 4.78 is 13.4. The van der Waals surface area contributed by atoms with E-state index in [1.54, 1.807) is 20.3 Å². The van der Waals surface area contributed by atoms with Crippen LogP contribution in [0.15, 0.2) is 46.0 Å². The number of nitrogens with one attached hydrogen (secondary N) is 1. The van der Waals surface area contributed by atoms with Gasteiger partial charge in [0.2, 0.25) is 5.88 Å². The van der Waals surface area contributed by atoms with E-state index < -0.39 is 0 Å². The van der Waals surface area contributed by atoms with Gasteiger partial charge in [0.05, 0.1) is 24.4 Å². The van der Waals surface area contributed by atoms with Gasteiger partial charge in [-0.3, -0.25) is 9.36 Å². The van der Waals surface area contributed by atoms with Gasteiger partial charge in [0, 0.05) is 25.1 Å². The van der Waals surface area contributed by atoms with E-state index in [0.29, 0.717) is 34.1 Å². The van der Waals surface area contributed by atoms with E-state index in [9.17, 15) is 9.59 Å². The number of unbranched alkanes of at least 4 members (excludes halogenated alkanes) is 1. The molecule has 4 heterocycles. The topological polar surface area (TPSA) is 89.5 Å². The SMILES string of the molecule is COc1ccc2sc3c(=O)n(CCCCN4CC[C@@H](c5ccccc5OC)C4)c(=O)[nH]c3c2n1. The number of H-pyrrole nitrogens is 1. The molecule has 5 rings (SSSR count). The maximum atomic E-state index is 13.1. The Hall–Kier alpha value is -3.17. The number of ether oxygens (including phenoxy) is 2. The van der Waals surface area contributed by atoms with Gasteiger partial charge in [-0.15, -0.1) is 11.3 Å². The molecule has 9 heteroatoms. The van der Waals surface area contributed by atoms with Crippen LogP contribution in [0, 0.1) is 0 Å². The Morgan fingerprint density at radius 2 is 1.91 bits per heavy atom. The molecule has 1 saturated heterocycles. The number of nitrogens with zero attached hydrogens (tertiary/aromatic N) is 3. The fraction of sp³-hybridized carbons (Fsp3) is 0.400. The van der Waals surface area contributed by atoms with Gasteiger partial charge in [-0.1, -0.05) is 18.2 Å². The number of fused-ring (bicyclic) bond motifs is 3. The Morgan fingerprint density at radius 3 is 2.74 bits per heavy atom. The van der Waals surface area contributed by atoms with Crippen molar-refractivity contribution in [2.45, 2.75) is 31.7 Å². The van der Waals surface area contributed by atoms with Crippen molar-refractivity contribution in [3.63, 3.8) is 0 Å². The van der Waals surface area contributed by atoms with Crippen LogP contribution in [0.2, 0.25) is 0 Å². The van der Waals surface area contributed by atoms with Crippen LogP contribution in [0.5, 0.6) is 11.6 Å². The van der Waals surface area contributed by atoms with E-state index >= 15 is 0 Å². The number of methoxy groups -OCH3 is 2. The van der Waals surface area contributed by atoms with Crippen LogP contribution in [0.3, 0.4) is 0 Å². The van der Waals surface area contributed by atoms with Gasteiger partial charge < -0.3 is 19.4 Å². The van der Waals surface area contributed by atoms with Crippen molar-refractivity contribution in [2.75, 3.05) is 33.9 Å². The Morgan fingerprint density at radius 1 is 1.09 bits per heavy atom. The van der Waals surface area contributed by atoms with Crippen LogP contribution in [0.25, 0.3) is 20.4 Å². The quantitative estimate of drug-likeness (QED) is 0.388. The molecule has 1 N–H and O–H groups in total. The maximum Gasteiger partial charge on any atom is 0.328 e. The van der Waals surface area contributed by atoms with Gasteiger partial charge in [-0.05, 0) is 50.0 Å². The summed E-state index contributed by atoms with van der Waals surface area (Å²) in [6.07, 6.45) is 2.80. The second-order valence-electron chi connectivity index (χ2n) is 8.63. The average Bonchev–Trinajstić information content (AvgIpc) is 3.48. The van der Waals surface area contributed by atoms with Crippen LogP contribution in [-0.2, 0) is 6.54 Å². The first-order chi connectivity index (χ1) is 16.6. The molecule has 0 amide bonds. The summed E-state index contributed by atoms with van der Waals surface area (Å²) in [5.41, 5.74) is 1.72. The molecule has 1 atom stereocenters. The molecule has 0 aliphatic carbocycles. The Bertz CT molecular complexity index is 1440. The van der Waals surface area contributed by atoms with Crippen molar-refractivity contribution in [3.8, 4) is 11.6 Å². The standard InChI is InChI=1S/C25H28N4O4S/c1-32-18-8-4-3-7-17(18)16-11-14-28(15-16)12-5-6-13-29-24(30)23-22(27-25(29)31)21-19(34-23)9-10-20(26-21)33-2/h3-4,7-10,16H,5-6,11-15H2,1-2H3,(H,27,31)/t16-/m1/s1. The van der Waals surface area contributed by atoms with E-state index in [4.69, 9.17) is 9.47 Å². The smallest absolute Gasteiger partial charge is 0.328 e. The maximum absolute atomic E-state index is 13.1. The normalized spacial score (nSPS) is 16.5. The minimum absolute atomic E-state index is 0.252. The first kappa shape index (κ1) is 22.6. The van der Waals surface area contributed by atoms with Gasteiger partial charge in [0.1, 0.15) is 16.0 Å². The van der Waals surface area contributed by atoms with E-state index in [1.165, 1.54) is 21.5 Å². The predicted molar refractivity (Wildman–Crippen MR) is 135 cm³/mol. The minimum atomic E-state index is -0.390. The van der Waals surface area contributed by atoms with E-state index in [-0.39, 0.29) is 11.2 Å². The average molecular weight is 481 g/mol. The number of para-hydroxylation sites is 1. The summed E-state index contributed by atoms with van der Waals surface area (Å²) >= 11 is 1.35. The van der Waals surface area contributed by atoms with Gasteiger partial charge in [0.25, 0.3) is 5.56 Å². The minimum Gasteiger partial charge on any atom is -0.496 e. The number of likely N-dealkylation sites (tertiary alicyclic amines) is 1. The lowest BCUT2D eigenvalue weighted by Crippen LogP contribution is -2.34. The summed E-state index contributed by atoms with van der Waals surface area (Å²) in [5, 5.41) is 0. The number of rotatable bonds is 8. The molecule has 1 aliphatic rings. The molecule has 178 valence electrons. The summed E-state index contributed by atoms with van der Waals surface area (Å²) in [5.74, 6) is 1.88. The molecule has 3 aromatic heterocycles. The van der Waals surface area contributed by atoms with Crippen molar-refractivity contribution in [1.29, 1.82) is 0 Å². The third kappa shape index (κ3) is 4.21. The highest BCUT2D eigenvalue weighted by Crippen LogP contribution is 2.33. The zero-order valence-electron chi connectivity index (χ0n) is 19.4. The molecule has 1 aliphatic heterocycles. The first-order valence-electron chi connectivity index (χ1n) is 11.5. The highest BCUT2D eigenvalue weighted by molar-refractivity contribution is 7.25. The molecule has 0 saturated carbocycles. The van der Waals surface area contributed by atoms with Gasteiger partial charge >= 0.3 is 5.69 Å². The highest BCUT2D eigenvalue weighted by Gasteiger charge is 2.25. The molecular formula is C25H28N4O4S. The van der Waals surface area contributed by atoms with E-state index in [2.05, 4.69) is 27.0 Å². The van der Waals surface area contributed by atoms with Crippen molar-refractivity contribution in [2.24, 2.45) is 0 Å². The fourth-order valence-electron chi connectivity index (χ4n) is 4.83. The fourth-order valence-corrected chi connectivity index (χ4v) is 5.88. The van der Waals surface area contributed by atoms with E-state index in [1.807, 2.05) is 18.2 Å². The lowest BCUT2D eigenvalue weighted by atomic mass is 9.97. The van der Waals surface area contributed by atoms with Crippen molar-refractivity contribution in [3.05, 3.63) is 62.8 Å². The number of hydrogen-bond acceptors (Lipinski definition) is 7. The van der Waals surface area contributed by atoms with E-state index in [0.717, 1.165) is 49.3 Å². The van der Waals surface area contributed by atoms with Crippen molar-refractivity contribution >= 4 is 31.8 Å². The van der Waals surface area contributed by atoms with Crippen LogP contribution >= 0.6 is 11.3 Å². The number of aromatic amines is 1. The lowest BCUT2D eigenvalue weighted by molar-refractivity contribution is 0.320. The summed E-state index contributed by atoms with van der Waals surface area (Å²) in [6.45, 7) is 3.41. The molecule has 0 radical (unpaired) electrons. The highest BCUT2D eigenvalue weighted by atomic mass is 32.1.